The van der Waals surface area contributed by atoms with Gasteiger partial charge < -0.3 is 15.0 Å². The molecule has 2 fully saturated rings. The Morgan fingerprint density at radius 2 is 1.88 bits per heavy atom. The summed E-state index contributed by atoms with van der Waals surface area (Å²) in [6.45, 7) is 2.39. The Balaban J connectivity index is 1.56. The van der Waals surface area contributed by atoms with E-state index in [1.807, 2.05) is 52.7 Å². The van der Waals surface area contributed by atoms with Gasteiger partial charge in [-0.15, -0.1) is 11.3 Å². The Hall–Kier alpha value is -2.18. The summed E-state index contributed by atoms with van der Waals surface area (Å²) in [6, 6.07) is 13.2. The highest BCUT2D eigenvalue weighted by atomic mass is 32.1. The van der Waals surface area contributed by atoms with Crippen molar-refractivity contribution in [1.82, 2.24) is 4.90 Å². The van der Waals surface area contributed by atoms with Crippen LogP contribution in [-0.2, 0) is 9.53 Å². The number of ether oxygens (including phenoxy) is 1. The third kappa shape index (κ3) is 3.27. The first-order valence-corrected chi connectivity index (χ1v) is 9.82. The second-order valence-corrected chi connectivity index (χ2v) is 7.99. The molecule has 1 N–H and O–H groups in total. The Morgan fingerprint density at radius 3 is 2.58 bits per heavy atom. The van der Waals surface area contributed by atoms with Gasteiger partial charge in [-0.2, -0.15) is 0 Å². The number of hydrogen-bond acceptors (Lipinski definition) is 4. The number of likely N-dealkylation sites (tertiary alicyclic amines) is 1. The lowest BCUT2D eigenvalue weighted by atomic mass is 9.71. The summed E-state index contributed by atoms with van der Waals surface area (Å²) < 4.78 is 5.54. The molecule has 0 radical (unpaired) electrons. The van der Waals surface area contributed by atoms with Crippen molar-refractivity contribution in [2.45, 2.75) is 12.8 Å². The number of nitrogens with zero attached hydrogens (tertiary/aromatic N) is 1. The number of rotatable bonds is 3. The summed E-state index contributed by atoms with van der Waals surface area (Å²) in [7, 11) is 0. The van der Waals surface area contributed by atoms with Crippen molar-refractivity contribution in [3.63, 3.8) is 0 Å². The summed E-state index contributed by atoms with van der Waals surface area (Å²) in [5.41, 5.74) is 0.604. The van der Waals surface area contributed by atoms with Crippen LogP contribution in [0.4, 0.5) is 5.69 Å². The van der Waals surface area contributed by atoms with Gasteiger partial charge in [0.05, 0.1) is 10.8 Å². The third-order valence-corrected chi connectivity index (χ3v) is 6.37. The van der Waals surface area contributed by atoms with Gasteiger partial charge in [0.25, 0.3) is 5.91 Å². The van der Waals surface area contributed by atoms with Crippen LogP contribution in [0.15, 0.2) is 47.8 Å². The van der Waals surface area contributed by atoms with Gasteiger partial charge in [0.15, 0.2) is 0 Å². The van der Waals surface area contributed by atoms with E-state index in [0.717, 1.165) is 23.4 Å². The van der Waals surface area contributed by atoms with Gasteiger partial charge in [-0.25, -0.2) is 0 Å². The van der Waals surface area contributed by atoms with Crippen LogP contribution in [0, 0.1) is 11.3 Å². The van der Waals surface area contributed by atoms with Gasteiger partial charge in [0, 0.05) is 37.4 Å². The van der Waals surface area contributed by atoms with Crippen LogP contribution in [0.25, 0.3) is 0 Å². The van der Waals surface area contributed by atoms with Crippen LogP contribution in [-0.4, -0.2) is 43.0 Å². The lowest BCUT2D eigenvalue weighted by molar-refractivity contribution is -0.124. The van der Waals surface area contributed by atoms with Crippen molar-refractivity contribution in [3.8, 4) is 0 Å². The molecule has 6 heteroatoms. The predicted molar refractivity (Wildman–Crippen MR) is 101 cm³/mol. The second-order valence-electron chi connectivity index (χ2n) is 7.05. The van der Waals surface area contributed by atoms with E-state index < -0.39 is 0 Å². The molecule has 1 atom stereocenters. The molecule has 1 aromatic heterocycles. The standard InChI is InChI=1S/C20H22N2O3S/c23-18(21-15-5-2-1-3-6-15)16-13-22(19(24)17-7-4-12-26-17)14-20(16)8-10-25-11-9-20/h1-7,12,16H,8-11,13-14H2,(H,21,23)/t16-/m0/s1. The molecule has 0 aliphatic carbocycles. The predicted octanol–water partition coefficient (Wildman–Crippen LogP) is 3.26. The largest absolute Gasteiger partial charge is 0.381 e. The fourth-order valence-corrected chi connectivity index (χ4v) is 4.77. The zero-order valence-electron chi connectivity index (χ0n) is 14.5. The molecule has 2 amide bonds. The maximum atomic E-state index is 13.1. The van der Waals surface area contributed by atoms with Crippen LogP contribution in [0.5, 0.6) is 0 Å². The molecule has 2 aromatic rings. The molecular formula is C20H22N2O3S. The van der Waals surface area contributed by atoms with Gasteiger partial charge in [0.2, 0.25) is 5.91 Å². The first kappa shape index (κ1) is 17.2. The van der Waals surface area contributed by atoms with Crippen LogP contribution in [0.3, 0.4) is 0 Å². The Labute approximate surface area is 157 Å². The zero-order chi connectivity index (χ0) is 18.0. The number of hydrogen-bond donors (Lipinski definition) is 1. The van der Waals surface area contributed by atoms with Crippen molar-refractivity contribution in [1.29, 1.82) is 0 Å². The number of anilines is 1. The summed E-state index contributed by atoms with van der Waals surface area (Å²) in [5, 5.41) is 4.94. The van der Waals surface area contributed by atoms with Gasteiger partial charge in [-0.3, -0.25) is 9.59 Å². The Morgan fingerprint density at radius 1 is 1.12 bits per heavy atom. The highest BCUT2D eigenvalue weighted by Crippen LogP contribution is 2.45. The Kier molecular flexibility index (Phi) is 4.78. The van der Waals surface area contributed by atoms with Gasteiger partial charge in [0.1, 0.15) is 0 Å². The fraction of sp³-hybridized carbons (Fsp3) is 0.400. The van der Waals surface area contributed by atoms with E-state index in [2.05, 4.69) is 5.32 Å². The Bertz CT molecular complexity index is 770. The molecule has 2 saturated heterocycles. The summed E-state index contributed by atoms with van der Waals surface area (Å²) >= 11 is 1.45. The molecule has 1 spiro atoms. The molecule has 2 aliphatic heterocycles. The summed E-state index contributed by atoms with van der Waals surface area (Å²) in [6.07, 6.45) is 1.63. The molecule has 1 aromatic carbocycles. The van der Waals surface area contributed by atoms with E-state index in [0.29, 0.717) is 26.3 Å². The molecule has 0 unspecified atom stereocenters. The molecule has 4 rings (SSSR count). The highest BCUT2D eigenvalue weighted by molar-refractivity contribution is 7.12. The van der Waals surface area contributed by atoms with Crippen molar-refractivity contribution < 1.29 is 14.3 Å². The number of thiophene rings is 1. The number of amides is 2. The van der Waals surface area contributed by atoms with Gasteiger partial charge in [-0.05, 0) is 36.4 Å². The molecular weight excluding hydrogens is 348 g/mol. The number of carbonyl (C=O) groups excluding carboxylic acids is 2. The second kappa shape index (κ2) is 7.21. The van der Waals surface area contributed by atoms with E-state index in [1.54, 1.807) is 0 Å². The minimum absolute atomic E-state index is 0.000389. The maximum absolute atomic E-state index is 13.1. The van der Waals surface area contributed by atoms with E-state index in [4.69, 9.17) is 4.74 Å². The molecule has 0 saturated carbocycles. The minimum Gasteiger partial charge on any atom is -0.381 e. The topological polar surface area (TPSA) is 58.6 Å². The summed E-state index contributed by atoms with van der Waals surface area (Å²) in [4.78, 5) is 28.5. The number of para-hydroxylation sites is 1. The normalized spacial score (nSPS) is 21.7. The van der Waals surface area contributed by atoms with Gasteiger partial charge in [-0.1, -0.05) is 24.3 Å². The van der Waals surface area contributed by atoms with E-state index >= 15 is 0 Å². The molecule has 136 valence electrons. The quantitative estimate of drug-likeness (QED) is 0.902. The first-order valence-electron chi connectivity index (χ1n) is 8.94. The molecule has 5 nitrogen and oxygen atoms in total. The van der Waals surface area contributed by atoms with Crippen molar-refractivity contribution in [2.24, 2.45) is 11.3 Å². The number of nitrogens with one attached hydrogen (secondary N) is 1. The summed E-state index contributed by atoms with van der Waals surface area (Å²) in [5.74, 6) is -0.184. The smallest absolute Gasteiger partial charge is 0.263 e. The molecule has 3 heterocycles. The van der Waals surface area contributed by atoms with E-state index in [9.17, 15) is 9.59 Å². The lowest BCUT2D eigenvalue weighted by Gasteiger charge is -2.37. The van der Waals surface area contributed by atoms with E-state index in [-0.39, 0.29) is 23.1 Å². The zero-order valence-corrected chi connectivity index (χ0v) is 15.3. The molecule has 26 heavy (non-hydrogen) atoms. The first-order chi connectivity index (χ1) is 12.7. The molecule has 2 aliphatic rings. The molecule has 0 bridgehead atoms. The SMILES string of the molecule is O=C(Nc1ccccc1)[C@@H]1CN(C(=O)c2cccs2)CC12CCOCC2. The van der Waals surface area contributed by atoms with Gasteiger partial charge >= 0.3 is 0 Å². The third-order valence-electron chi connectivity index (χ3n) is 5.51. The average Bonchev–Trinajstić information content (AvgIpc) is 3.31. The minimum atomic E-state index is -0.212. The van der Waals surface area contributed by atoms with Crippen LogP contribution in [0.2, 0.25) is 0 Å². The number of carbonyl (C=O) groups is 2. The number of benzene rings is 1. The highest BCUT2D eigenvalue weighted by Gasteiger charge is 2.51. The lowest BCUT2D eigenvalue weighted by Crippen LogP contribution is -2.42. The van der Waals surface area contributed by atoms with Crippen molar-refractivity contribution in [2.75, 3.05) is 31.6 Å². The fourth-order valence-electron chi connectivity index (χ4n) is 4.08. The van der Waals surface area contributed by atoms with Crippen LogP contribution >= 0.6 is 11.3 Å². The monoisotopic (exact) mass is 370 g/mol. The van der Waals surface area contributed by atoms with Crippen LogP contribution < -0.4 is 5.32 Å². The van der Waals surface area contributed by atoms with Crippen LogP contribution in [0.1, 0.15) is 22.5 Å². The van der Waals surface area contributed by atoms with Crippen molar-refractivity contribution in [3.05, 3.63) is 52.7 Å². The average molecular weight is 370 g/mol. The van der Waals surface area contributed by atoms with E-state index in [1.165, 1.54) is 11.3 Å². The maximum Gasteiger partial charge on any atom is 0.263 e. The van der Waals surface area contributed by atoms with Crippen molar-refractivity contribution >= 4 is 28.8 Å².